The fraction of sp³-hybridized carbons (Fsp3) is 0.500. The van der Waals surface area contributed by atoms with Gasteiger partial charge < -0.3 is 15.2 Å². The molecular weight excluding hydrogens is 288 g/mol. The van der Waals surface area contributed by atoms with E-state index in [4.69, 9.17) is 0 Å². The van der Waals surface area contributed by atoms with Crippen molar-refractivity contribution in [1.29, 1.82) is 0 Å². The van der Waals surface area contributed by atoms with E-state index in [0.29, 0.717) is 28.5 Å². The summed E-state index contributed by atoms with van der Waals surface area (Å²) in [5.74, 6) is 0.909. The van der Waals surface area contributed by atoms with Gasteiger partial charge in [0.25, 0.3) is 5.56 Å². The van der Waals surface area contributed by atoms with Crippen LogP contribution in [0, 0.1) is 5.92 Å². The normalized spacial score (nSPS) is 21.8. The zero-order valence-electron chi connectivity index (χ0n) is 12.0. The summed E-state index contributed by atoms with van der Waals surface area (Å²) in [7, 11) is 1.74. The van der Waals surface area contributed by atoms with Gasteiger partial charge in [-0.05, 0) is 30.3 Å². The molecule has 0 aromatic carbocycles. The van der Waals surface area contributed by atoms with Crippen LogP contribution in [0.15, 0.2) is 16.2 Å². The van der Waals surface area contributed by atoms with E-state index in [-0.39, 0.29) is 17.5 Å². The molecule has 2 atom stereocenters. The zero-order valence-corrected chi connectivity index (χ0v) is 12.9. The lowest BCUT2D eigenvalue weighted by atomic mass is 10.0. The minimum absolute atomic E-state index is 0.0491. The topological polar surface area (TPSA) is 78.1 Å². The fourth-order valence-corrected chi connectivity index (χ4v) is 3.43. The van der Waals surface area contributed by atoms with Crippen molar-refractivity contribution in [2.75, 3.05) is 13.6 Å². The van der Waals surface area contributed by atoms with Crippen LogP contribution >= 0.6 is 11.3 Å². The van der Waals surface area contributed by atoms with Gasteiger partial charge in [0.15, 0.2) is 0 Å². The zero-order chi connectivity index (χ0) is 15.0. The number of hydrogen-bond acceptors (Lipinski definition) is 5. The summed E-state index contributed by atoms with van der Waals surface area (Å²) in [5.41, 5.74) is 0.546. The van der Waals surface area contributed by atoms with Crippen molar-refractivity contribution in [3.05, 3.63) is 27.6 Å². The Morgan fingerprint density at radius 3 is 3.10 bits per heavy atom. The van der Waals surface area contributed by atoms with Crippen LogP contribution in [0.5, 0.6) is 0 Å². The third kappa shape index (κ3) is 2.71. The summed E-state index contributed by atoms with van der Waals surface area (Å²) in [4.78, 5) is 33.1. The quantitative estimate of drug-likeness (QED) is 0.885. The average molecular weight is 306 g/mol. The second-order valence-corrected chi connectivity index (χ2v) is 6.46. The van der Waals surface area contributed by atoms with E-state index >= 15 is 0 Å². The maximum absolute atomic E-state index is 12.4. The van der Waals surface area contributed by atoms with Gasteiger partial charge in [0, 0.05) is 7.05 Å². The first kappa shape index (κ1) is 14.2. The molecule has 3 rings (SSSR count). The molecule has 2 unspecified atom stereocenters. The van der Waals surface area contributed by atoms with E-state index in [9.17, 15) is 9.59 Å². The molecule has 0 aliphatic carbocycles. The Hall–Kier alpha value is -1.73. The predicted octanol–water partition coefficient (Wildman–Crippen LogP) is 0.941. The summed E-state index contributed by atoms with van der Waals surface area (Å²) in [6, 6.07) is 1.69. The molecule has 6 nitrogen and oxygen atoms in total. The summed E-state index contributed by atoms with van der Waals surface area (Å²) in [5, 5.41) is 5.07. The molecular formula is C14H18N4O2S. The van der Waals surface area contributed by atoms with Crippen LogP contribution in [0.4, 0.5) is 0 Å². The van der Waals surface area contributed by atoms with E-state index in [1.54, 1.807) is 11.9 Å². The summed E-state index contributed by atoms with van der Waals surface area (Å²) >= 11 is 1.37. The molecule has 1 aliphatic rings. The van der Waals surface area contributed by atoms with Gasteiger partial charge in [-0.15, -0.1) is 11.3 Å². The SMILES string of the molecule is CC1CCNC1C(=O)N(C)Cc1nc2ccsc2c(=O)[nH]1. The first-order valence-corrected chi connectivity index (χ1v) is 7.89. The number of hydrogen-bond donors (Lipinski definition) is 2. The smallest absolute Gasteiger partial charge is 0.268 e. The van der Waals surface area contributed by atoms with Crippen molar-refractivity contribution in [3.63, 3.8) is 0 Å². The van der Waals surface area contributed by atoms with Crippen LogP contribution in [0.2, 0.25) is 0 Å². The Morgan fingerprint density at radius 2 is 2.38 bits per heavy atom. The number of aromatic amines is 1. The Bertz CT molecular complexity index is 723. The second-order valence-electron chi connectivity index (χ2n) is 5.54. The van der Waals surface area contributed by atoms with E-state index in [2.05, 4.69) is 22.2 Å². The van der Waals surface area contributed by atoms with E-state index in [0.717, 1.165) is 13.0 Å². The van der Waals surface area contributed by atoms with E-state index < -0.39 is 0 Å². The summed E-state index contributed by atoms with van der Waals surface area (Å²) < 4.78 is 0.624. The van der Waals surface area contributed by atoms with Crippen LogP contribution in [0.25, 0.3) is 10.2 Å². The number of aromatic nitrogens is 2. The number of carbonyl (C=O) groups excluding carboxylic acids is 1. The van der Waals surface area contributed by atoms with E-state index in [1.165, 1.54) is 11.3 Å². The van der Waals surface area contributed by atoms with Gasteiger partial charge in [-0.1, -0.05) is 6.92 Å². The van der Waals surface area contributed by atoms with Crippen molar-refractivity contribution in [2.45, 2.75) is 25.9 Å². The van der Waals surface area contributed by atoms with Gasteiger partial charge in [-0.3, -0.25) is 9.59 Å². The van der Waals surface area contributed by atoms with Gasteiger partial charge in [-0.2, -0.15) is 0 Å². The first-order valence-electron chi connectivity index (χ1n) is 7.01. The lowest BCUT2D eigenvalue weighted by Crippen LogP contribution is -2.44. The van der Waals surface area contributed by atoms with Crippen molar-refractivity contribution >= 4 is 27.5 Å². The Kier molecular flexibility index (Phi) is 3.77. The number of rotatable bonds is 3. The van der Waals surface area contributed by atoms with Gasteiger partial charge in [0.1, 0.15) is 10.5 Å². The van der Waals surface area contributed by atoms with Crippen molar-refractivity contribution in [1.82, 2.24) is 20.2 Å². The molecule has 21 heavy (non-hydrogen) atoms. The minimum Gasteiger partial charge on any atom is -0.337 e. The number of carbonyl (C=O) groups is 1. The number of amides is 1. The van der Waals surface area contributed by atoms with Gasteiger partial charge in [0.2, 0.25) is 5.91 Å². The fourth-order valence-electron chi connectivity index (χ4n) is 2.70. The monoisotopic (exact) mass is 306 g/mol. The molecule has 1 aliphatic heterocycles. The molecule has 1 amide bonds. The van der Waals surface area contributed by atoms with Crippen LogP contribution in [0.1, 0.15) is 19.2 Å². The van der Waals surface area contributed by atoms with Crippen LogP contribution in [0.3, 0.4) is 0 Å². The molecule has 3 heterocycles. The molecule has 0 spiro atoms. The summed E-state index contributed by atoms with van der Waals surface area (Å²) in [6.45, 7) is 3.26. The Morgan fingerprint density at radius 1 is 1.57 bits per heavy atom. The number of thiophene rings is 1. The number of likely N-dealkylation sites (N-methyl/N-ethyl adjacent to an activating group) is 1. The minimum atomic E-state index is -0.141. The second kappa shape index (κ2) is 5.57. The molecule has 0 bridgehead atoms. The number of fused-ring (bicyclic) bond motifs is 1. The summed E-state index contributed by atoms with van der Waals surface area (Å²) in [6.07, 6.45) is 1.01. The highest BCUT2D eigenvalue weighted by atomic mass is 32.1. The lowest BCUT2D eigenvalue weighted by molar-refractivity contribution is -0.133. The highest BCUT2D eigenvalue weighted by Gasteiger charge is 2.31. The maximum Gasteiger partial charge on any atom is 0.268 e. The molecule has 0 radical (unpaired) electrons. The van der Waals surface area contributed by atoms with E-state index in [1.807, 2.05) is 11.4 Å². The van der Waals surface area contributed by atoms with Crippen molar-refractivity contribution in [3.8, 4) is 0 Å². The highest BCUT2D eigenvalue weighted by molar-refractivity contribution is 7.17. The van der Waals surface area contributed by atoms with Gasteiger partial charge >= 0.3 is 0 Å². The first-order chi connectivity index (χ1) is 10.1. The molecule has 2 N–H and O–H groups in total. The van der Waals surface area contributed by atoms with Gasteiger partial charge in [0.05, 0.1) is 18.1 Å². The molecule has 1 saturated heterocycles. The Labute approximate surface area is 126 Å². The largest absolute Gasteiger partial charge is 0.337 e. The Balaban J connectivity index is 1.78. The van der Waals surface area contributed by atoms with Crippen LogP contribution in [-0.2, 0) is 11.3 Å². The molecule has 2 aromatic rings. The van der Waals surface area contributed by atoms with Crippen LogP contribution in [-0.4, -0.2) is 40.4 Å². The number of nitrogens with one attached hydrogen (secondary N) is 2. The average Bonchev–Trinajstić information content (AvgIpc) is 3.06. The molecule has 2 aromatic heterocycles. The lowest BCUT2D eigenvalue weighted by Gasteiger charge is -2.23. The molecule has 0 saturated carbocycles. The third-order valence-corrected chi connectivity index (χ3v) is 4.83. The number of H-pyrrole nitrogens is 1. The van der Waals surface area contributed by atoms with Crippen molar-refractivity contribution < 1.29 is 4.79 Å². The third-order valence-electron chi connectivity index (χ3n) is 3.93. The molecule has 112 valence electrons. The van der Waals surface area contributed by atoms with Crippen LogP contribution < -0.4 is 10.9 Å². The number of nitrogens with zero attached hydrogens (tertiary/aromatic N) is 2. The molecule has 1 fully saturated rings. The van der Waals surface area contributed by atoms with Gasteiger partial charge in [-0.25, -0.2) is 4.98 Å². The standard InChI is InChI=1S/C14H18N4O2S/c1-8-3-5-15-11(8)14(20)18(2)7-10-16-9-4-6-21-12(9)13(19)17-10/h4,6,8,11,15H,3,5,7H2,1-2H3,(H,16,17,19). The molecule has 7 heteroatoms. The maximum atomic E-state index is 12.4. The predicted molar refractivity (Wildman–Crippen MR) is 82.3 cm³/mol. The highest BCUT2D eigenvalue weighted by Crippen LogP contribution is 2.17. The van der Waals surface area contributed by atoms with Crippen molar-refractivity contribution in [2.24, 2.45) is 5.92 Å².